The molecular weight excluding hydrogens is 468 g/mol. The molecular formula is C25H26N4O5S. The van der Waals surface area contributed by atoms with E-state index in [4.69, 9.17) is 18.6 Å². The number of thioether (sulfide) groups is 1. The Morgan fingerprint density at radius 2 is 1.80 bits per heavy atom. The molecule has 1 amide bonds. The quantitative estimate of drug-likeness (QED) is 0.312. The lowest BCUT2D eigenvalue weighted by Crippen LogP contribution is -2.27. The Morgan fingerprint density at radius 3 is 2.49 bits per heavy atom. The van der Waals surface area contributed by atoms with E-state index in [1.165, 1.54) is 11.8 Å². The van der Waals surface area contributed by atoms with Crippen LogP contribution in [0.2, 0.25) is 0 Å². The highest BCUT2D eigenvalue weighted by molar-refractivity contribution is 7.99. The fraction of sp³-hybridized carbons (Fsp3) is 0.240. The van der Waals surface area contributed by atoms with Crippen LogP contribution in [0.3, 0.4) is 0 Å². The standard InChI is InChI=1S/C25H26N4O5S/c1-31-19-9-7-18(8-10-19)29-24(21-5-4-14-34-21)27-28-25(29)35-16-23(30)26-13-12-17-6-11-20(32-2)22(15-17)33-3/h4-11,14-15H,12-13,16H2,1-3H3,(H,26,30). The number of hydrogen-bond donors (Lipinski definition) is 1. The molecule has 0 unspecified atom stereocenters. The second-order valence-corrected chi connectivity index (χ2v) is 8.34. The van der Waals surface area contributed by atoms with Crippen molar-refractivity contribution in [3.05, 3.63) is 66.4 Å². The van der Waals surface area contributed by atoms with Crippen molar-refractivity contribution in [2.24, 2.45) is 0 Å². The van der Waals surface area contributed by atoms with Crippen molar-refractivity contribution in [3.63, 3.8) is 0 Å². The average molecular weight is 495 g/mol. The summed E-state index contributed by atoms with van der Waals surface area (Å²) in [5.41, 5.74) is 1.87. The van der Waals surface area contributed by atoms with Crippen LogP contribution in [0.4, 0.5) is 0 Å². The van der Waals surface area contributed by atoms with Gasteiger partial charge in [-0.15, -0.1) is 10.2 Å². The topological polar surface area (TPSA) is 101 Å². The van der Waals surface area contributed by atoms with Crippen LogP contribution < -0.4 is 19.5 Å². The molecule has 35 heavy (non-hydrogen) atoms. The Hall–Kier alpha value is -3.92. The molecule has 1 N–H and O–H groups in total. The molecule has 0 aliphatic heterocycles. The molecule has 0 saturated carbocycles. The van der Waals surface area contributed by atoms with E-state index in [0.29, 0.717) is 41.2 Å². The fourth-order valence-electron chi connectivity index (χ4n) is 3.46. The van der Waals surface area contributed by atoms with Crippen molar-refractivity contribution in [1.29, 1.82) is 0 Å². The Balaban J connectivity index is 1.40. The first-order chi connectivity index (χ1) is 17.1. The van der Waals surface area contributed by atoms with Gasteiger partial charge in [-0.3, -0.25) is 9.36 Å². The lowest BCUT2D eigenvalue weighted by atomic mass is 10.1. The lowest BCUT2D eigenvalue weighted by molar-refractivity contribution is -0.118. The number of furan rings is 1. The summed E-state index contributed by atoms with van der Waals surface area (Å²) in [6.07, 6.45) is 2.25. The van der Waals surface area contributed by atoms with Gasteiger partial charge in [0.2, 0.25) is 11.7 Å². The number of benzene rings is 2. The van der Waals surface area contributed by atoms with Gasteiger partial charge in [0.15, 0.2) is 22.4 Å². The van der Waals surface area contributed by atoms with E-state index in [1.54, 1.807) is 33.7 Å². The number of rotatable bonds is 11. The monoisotopic (exact) mass is 494 g/mol. The van der Waals surface area contributed by atoms with Crippen LogP contribution in [-0.2, 0) is 11.2 Å². The van der Waals surface area contributed by atoms with Gasteiger partial charge in [-0.2, -0.15) is 0 Å². The molecule has 0 atom stereocenters. The van der Waals surface area contributed by atoms with Gasteiger partial charge in [0.1, 0.15) is 5.75 Å². The Labute approximate surface area is 207 Å². The van der Waals surface area contributed by atoms with E-state index < -0.39 is 0 Å². The first-order valence-corrected chi connectivity index (χ1v) is 11.9. The van der Waals surface area contributed by atoms with Gasteiger partial charge in [-0.1, -0.05) is 17.8 Å². The summed E-state index contributed by atoms with van der Waals surface area (Å²) < 4.78 is 23.3. The minimum Gasteiger partial charge on any atom is -0.497 e. The average Bonchev–Trinajstić information content (AvgIpc) is 3.57. The molecule has 0 aliphatic carbocycles. The number of nitrogens with zero attached hydrogens (tertiary/aromatic N) is 3. The van der Waals surface area contributed by atoms with Gasteiger partial charge >= 0.3 is 0 Å². The van der Waals surface area contributed by atoms with E-state index in [-0.39, 0.29) is 11.7 Å². The van der Waals surface area contributed by atoms with Crippen LogP contribution in [-0.4, -0.2) is 54.3 Å². The lowest BCUT2D eigenvalue weighted by Gasteiger charge is -2.11. The minimum absolute atomic E-state index is 0.0979. The van der Waals surface area contributed by atoms with E-state index >= 15 is 0 Å². The Kier molecular flexibility index (Phi) is 7.94. The molecule has 0 radical (unpaired) electrons. The number of nitrogens with one attached hydrogen (secondary N) is 1. The molecule has 4 aromatic rings. The van der Waals surface area contributed by atoms with Crippen molar-refractivity contribution >= 4 is 17.7 Å². The third kappa shape index (κ3) is 5.78. The number of aromatic nitrogens is 3. The maximum atomic E-state index is 12.5. The highest BCUT2D eigenvalue weighted by atomic mass is 32.2. The summed E-state index contributed by atoms with van der Waals surface area (Å²) in [5.74, 6) is 3.31. The number of hydrogen-bond acceptors (Lipinski definition) is 8. The molecule has 10 heteroatoms. The predicted octanol–water partition coefficient (Wildman–Crippen LogP) is 4.00. The zero-order valence-electron chi connectivity index (χ0n) is 19.7. The number of ether oxygens (including phenoxy) is 3. The molecule has 4 rings (SSSR count). The molecule has 0 bridgehead atoms. The van der Waals surface area contributed by atoms with E-state index in [1.807, 2.05) is 53.1 Å². The van der Waals surface area contributed by atoms with Crippen molar-refractivity contribution in [2.75, 3.05) is 33.6 Å². The van der Waals surface area contributed by atoms with Crippen LogP contribution in [0.1, 0.15) is 5.56 Å². The van der Waals surface area contributed by atoms with Crippen LogP contribution in [0.5, 0.6) is 17.2 Å². The van der Waals surface area contributed by atoms with Gasteiger partial charge in [0, 0.05) is 6.54 Å². The maximum Gasteiger partial charge on any atom is 0.230 e. The first-order valence-electron chi connectivity index (χ1n) is 10.9. The number of carbonyl (C=O) groups is 1. The molecule has 0 fully saturated rings. The molecule has 182 valence electrons. The number of carbonyl (C=O) groups excluding carboxylic acids is 1. The van der Waals surface area contributed by atoms with E-state index in [2.05, 4.69) is 15.5 Å². The van der Waals surface area contributed by atoms with Gasteiger partial charge in [0.05, 0.1) is 39.0 Å². The SMILES string of the molecule is COc1ccc(-n2c(SCC(=O)NCCc3ccc(OC)c(OC)c3)nnc2-c2ccco2)cc1. The fourth-order valence-corrected chi connectivity index (χ4v) is 4.24. The second kappa shape index (κ2) is 11.5. The first kappa shape index (κ1) is 24.2. The number of amides is 1. The van der Waals surface area contributed by atoms with Crippen LogP contribution in [0.15, 0.2) is 70.4 Å². The van der Waals surface area contributed by atoms with Crippen molar-refractivity contribution in [2.45, 2.75) is 11.6 Å². The summed E-state index contributed by atoms with van der Waals surface area (Å²) >= 11 is 1.30. The van der Waals surface area contributed by atoms with Crippen molar-refractivity contribution in [1.82, 2.24) is 20.1 Å². The second-order valence-electron chi connectivity index (χ2n) is 7.39. The predicted molar refractivity (Wildman–Crippen MR) is 133 cm³/mol. The Morgan fingerprint density at radius 1 is 1.00 bits per heavy atom. The van der Waals surface area contributed by atoms with Gasteiger partial charge in [0.25, 0.3) is 0 Å². The molecule has 9 nitrogen and oxygen atoms in total. The van der Waals surface area contributed by atoms with Crippen LogP contribution in [0, 0.1) is 0 Å². The third-order valence-electron chi connectivity index (χ3n) is 5.22. The van der Waals surface area contributed by atoms with Gasteiger partial charge in [-0.25, -0.2) is 0 Å². The van der Waals surface area contributed by atoms with E-state index in [0.717, 1.165) is 17.0 Å². The van der Waals surface area contributed by atoms with Crippen molar-refractivity contribution in [3.8, 4) is 34.5 Å². The largest absolute Gasteiger partial charge is 0.497 e. The molecule has 0 aliphatic rings. The summed E-state index contributed by atoms with van der Waals surface area (Å²) in [6, 6.07) is 16.9. The van der Waals surface area contributed by atoms with E-state index in [9.17, 15) is 4.79 Å². The van der Waals surface area contributed by atoms with Gasteiger partial charge < -0.3 is 23.9 Å². The van der Waals surface area contributed by atoms with Crippen LogP contribution in [0.25, 0.3) is 17.3 Å². The molecule has 2 heterocycles. The minimum atomic E-state index is -0.0979. The zero-order chi connectivity index (χ0) is 24.6. The molecule has 0 spiro atoms. The zero-order valence-corrected chi connectivity index (χ0v) is 20.5. The summed E-state index contributed by atoms with van der Waals surface area (Å²) in [6.45, 7) is 0.498. The smallest absolute Gasteiger partial charge is 0.230 e. The Bertz CT molecular complexity index is 1260. The number of methoxy groups -OCH3 is 3. The van der Waals surface area contributed by atoms with Crippen molar-refractivity contribution < 1.29 is 23.4 Å². The normalized spacial score (nSPS) is 10.7. The van der Waals surface area contributed by atoms with Crippen LogP contribution >= 0.6 is 11.8 Å². The molecule has 0 saturated heterocycles. The molecule has 2 aromatic heterocycles. The highest BCUT2D eigenvalue weighted by Gasteiger charge is 2.19. The third-order valence-corrected chi connectivity index (χ3v) is 6.15. The van der Waals surface area contributed by atoms with Gasteiger partial charge in [-0.05, 0) is 60.5 Å². The molecule has 2 aromatic carbocycles. The maximum absolute atomic E-state index is 12.5. The summed E-state index contributed by atoms with van der Waals surface area (Å²) in [5, 5.41) is 12.1. The highest BCUT2D eigenvalue weighted by Crippen LogP contribution is 2.29. The summed E-state index contributed by atoms with van der Waals surface area (Å²) in [7, 11) is 4.82. The summed E-state index contributed by atoms with van der Waals surface area (Å²) in [4.78, 5) is 12.5.